The van der Waals surface area contributed by atoms with Crippen LogP contribution >= 0.6 is 11.6 Å². The van der Waals surface area contributed by atoms with Gasteiger partial charge < -0.3 is 5.73 Å². The van der Waals surface area contributed by atoms with Crippen LogP contribution in [0.3, 0.4) is 0 Å². The van der Waals surface area contributed by atoms with Crippen molar-refractivity contribution in [3.8, 4) is 0 Å². The zero-order valence-corrected chi connectivity index (χ0v) is 9.77. The molecule has 5 nitrogen and oxygen atoms in total. The van der Waals surface area contributed by atoms with E-state index in [9.17, 15) is 4.79 Å². The van der Waals surface area contributed by atoms with Crippen molar-refractivity contribution >= 4 is 23.2 Å². The van der Waals surface area contributed by atoms with Gasteiger partial charge in [-0.05, 0) is 18.6 Å². The highest BCUT2D eigenvalue weighted by atomic mass is 35.5. The Kier molecular flexibility index (Phi) is 3.01. The molecule has 0 spiro atoms. The predicted octanol–water partition coefficient (Wildman–Crippen LogP) is 1.65. The second kappa shape index (κ2) is 4.47. The Bertz CT molecular complexity index is 568. The van der Waals surface area contributed by atoms with E-state index in [1.807, 2.05) is 6.92 Å². The predicted molar refractivity (Wildman–Crippen MR) is 63.9 cm³/mol. The van der Waals surface area contributed by atoms with Gasteiger partial charge in [0.1, 0.15) is 5.82 Å². The van der Waals surface area contributed by atoms with E-state index < -0.39 is 5.78 Å². The fourth-order valence-electron chi connectivity index (χ4n) is 1.26. The lowest BCUT2D eigenvalue weighted by Crippen LogP contribution is -2.10. The molecular formula is C11H9ClN4O. The van der Waals surface area contributed by atoms with E-state index in [0.29, 0.717) is 5.02 Å². The van der Waals surface area contributed by atoms with Crippen LogP contribution in [0.1, 0.15) is 21.7 Å². The highest BCUT2D eigenvalue weighted by molar-refractivity contribution is 6.31. The first-order valence-electron chi connectivity index (χ1n) is 4.82. The van der Waals surface area contributed by atoms with Gasteiger partial charge in [0, 0.05) is 18.6 Å². The first-order chi connectivity index (χ1) is 8.08. The maximum absolute atomic E-state index is 12.0. The van der Waals surface area contributed by atoms with Crippen LogP contribution in [-0.2, 0) is 0 Å². The van der Waals surface area contributed by atoms with Crippen LogP contribution in [0, 0.1) is 6.92 Å². The summed E-state index contributed by atoms with van der Waals surface area (Å²) < 4.78 is 0. The fraction of sp³-hybridized carbons (Fsp3) is 0.0909. The summed E-state index contributed by atoms with van der Waals surface area (Å²) in [7, 11) is 0. The first-order valence-corrected chi connectivity index (χ1v) is 5.20. The Hall–Kier alpha value is -2.01. The van der Waals surface area contributed by atoms with Crippen molar-refractivity contribution in [2.24, 2.45) is 0 Å². The molecule has 0 radical (unpaired) electrons. The van der Waals surface area contributed by atoms with E-state index in [0.717, 1.165) is 5.56 Å². The number of nitrogen functional groups attached to an aromatic ring is 1. The van der Waals surface area contributed by atoms with E-state index in [1.165, 1.54) is 12.3 Å². The Morgan fingerprint density at radius 3 is 2.53 bits per heavy atom. The van der Waals surface area contributed by atoms with E-state index in [-0.39, 0.29) is 17.2 Å². The fourth-order valence-corrected chi connectivity index (χ4v) is 1.42. The number of nitrogens with two attached hydrogens (primary N) is 1. The molecule has 0 aliphatic rings. The summed E-state index contributed by atoms with van der Waals surface area (Å²) in [4.78, 5) is 23.7. The average molecular weight is 249 g/mol. The molecule has 0 bridgehead atoms. The second-order valence-electron chi connectivity index (χ2n) is 3.50. The highest BCUT2D eigenvalue weighted by Gasteiger charge is 2.16. The summed E-state index contributed by atoms with van der Waals surface area (Å²) >= 11 is 5.76. The molecule has 2 heterocycles. The lowest BCUT2D eigenvalue weighted by Gasteiger charge is -2.03. The number of rotatable bonds is 2. The number of carbonyl (C=O) groups is 1. The van der Waals surface area contributed by atoms with Crippen molar-refractivity contribution < 1.29 is 4.79 Å². The molecule has 0 aliphatic heterocycles. The minimum absolute atomic E-state index is 0.0753. The van der Waals surface area contributed by atoms with Gasteiger partial charge in [-0.15, -0.1) is 0 Å². The Morgan fingerprint density at radius 2 is 1.88 bits per heavy atom. The van der Waals surface area contributed by atoms with E-state index in [1.54, 1.807) is 12.4 Å². The third-order valence-corrected chi connectivity index (χ3v) is 2.32. The molecule has 2 N–H and O–H groups in total. The Labute approximate surface area is 103 Å². The van der Waals surface area contributed by atoms with Gasteiger partial charge in [-0.1, -0.05) is 11.6 Å². The smallest absolute Gasteiger partial charge is 0.233 e. The summed E-state index contributed by atoms with van der Waals surface area (Å²) in [6.07, 6.45) is 4.51. The number of hydrogen-bond acceptors (Lipinski definition) is 5. The number of carbonyl (C=O) groups excluding carboxylic acids is 1. The second-order valence-corrected chi connectivity index (χ2v) is 3.94. The van der Waals surface area contributed by atoms with Crippen LogP contribution in [0.25, 0.3) is 0 Å². The van der Waals surface area contributed by atoms with E-state index in [4.69, 9.17) is 17.3 Å². The van der Waals surface area contributed by atoms with Crippen LogP contribution in [0.5, 0.6) is 0 Å². The van der Waals surface area contributed by atoms with Gasteiger partial charge in [-0.3, -0.25) is 4.79 Å². The van der Waals surface area contributed by atoms with Crippen molar-refractivity contribution in [1.82, 2.24) is 15.0 Å². The lowest BCUT2D eigenvalue weighted by molar-refractivity contribution is 0.103. The molecule has 0 unspecified atom stereocenters. The third kappa shape index (κ3) is 2.39. The van der Waals surface area contributed by atoms with Gasteiger partial charge >= 0.3 is 0 Å². The molecule has 2 aromatic heterocycles. The van der Waals surface area contributed by atoms with Gasteiger partial charge in [-0.25, -0.2) is 15.0 Å². The normalized spacial score (nSPS) is 10.2. The van der Waals surface area contributed by atoms with Crippen molar-refractivity contribution in [1.29, 1.82) is 0 Å². The maximum atomic E-state index is 12.0. The average Bonchev–Trinajstić information content (AvgIpc) is 2.32. The molecule has 0 amide bonds. The van der Waals surface area contributed by atoms with Crippen molar-refractivity contribution in [3.05, 3.63) is 46.6 Å². The van der Waals surface area contributed by atoms with Crippen LogP contribution in [0.15, 0.2) is 24.7 Å². The molecule has 0 saturated carbocycles. The Balaban J connectivity index is 2.43. The Morgan fingerprint density at radius 1 is 1.24 bits per heavy atom. The molecule has 0 fully saturated rings. The third-order valence-electron chi connectivity index (χ3n) is 2.11. The van der Waals surface area contributed by atoms with Gasteiger partial charge in [0.15, 0.2) is 0 Å². The number of ketones is 1. The van der Waals surface area contributed by atoms with Gasteiger partial charge in [0.05, 0.1) is 10.6 Å². The SMILES string of the molecule is Cc1cnc(C(=O)c2cc(Cl)cnc2N)nc1. The molecule has 0 aliphatic carbocycles. The van der Waals surface area contributed by atoms with Crippen LogP contribution in [-0.4, -0.2) is 20.7 Å². The zero-order chi connectivity index (χ0) is 12.4. The molecule has 2 aromatic rings. The van der Waals surface area contributed by atoms with Crippen molar-refractivity contribution in [2.75, 3.05) is 5.73 Å². The summed E-state index contributed by atoms with van der Waals surface area (Å²) in [5.74, 6) is -0.201. The molecule has 6 heteroatoms. The number of nitrogens with zero attached hydrogens (tertiary/aromatic N) is 3. The number of aromatic nitrogens is 3. The monoisotopic (exact) mass is 248 g/mol. The molecular weight excluding hydrogens is 240 g/mol. The number of pyridine rings is 1. The van der Waals surface area contributed by atoms with Crippen LogP contribution in [0.2, 0.25) is 5.02 Å². The van der Waals surface area contributed by atoms with Gasteiger partial charge in [-0.2, -0.15) is 0 Å². The maximum Gasteiger partial charge on any atom is 0.233 e. The topological polar surface area (TPSA) is 81.8 Å². The van der Waals surface area contributed by atoms with Crippen LogP contribution in [0.4, 0.5) is 5.82 Å². The molecule has 0 saturated heterocycles. The number of halogens is 1. The number of hydrogen-bond donors (Lipinski definition) is 1. The molecule has 0 atom stereocenters. The zero-order valence-electron chi connectivity index (χ0n) is 9.01. The van der Waals surface area contributed by atoms with Gasteiger partial charge in [0.25, 0.3) is 0 Å². The summed E-state index contributed by atoms with van der Waals surface area (Å²) in [6, 6.07) is 1.45. The van der Waals surface area contributed by atoms with Gasteiger partial charge in [0.2, 0.25) is 11.6 Å². The van der Waals surface area contributed by atoms with Crippen molar-refractivity contribution in [3.63, 3.8) is 0 Å². The minimum Gasteiger partial charge on any atom is -0.383 e. The van der Waals surface area contributed by atoms with E-state index in [2.05, 4.69) is 15.0 Å². The summed E-state index contributed by atoms with van der Waals surface area (Å²) in [5.41, 5.74) is 6.69. The lowest BCUT2D eigenvalue weighted by atomic mass is 10.1. The standard InChI is InChI=1S/C11H9ClN4O/c1-6-3-15-11(16-4-6)9(17)8-2-7(12)5-14-10(8)13/h2-5H,1H3,(H2,13,14). The summed E-state index contributed by atoms with van der Waals surface area (Å²) in [5, 5.41) is 0.342. The highest BCUT2D eigenvalue weighted by Crippen LogP contribution is 2.17. The molecule has 2 rings (SSSR count). The molecule has 86 valence electrons. The molecule has 0 aromatic carbocycles. The van der Waals surface area contributed by atoms with Crippen LogP contribution < -0.4 is 5.73 Å². The number of aryl methyl sites for hydroxylation is 1. The largest absolute Gasteiger partial charge is 0.383 e. The first kappa shape index (κ1) is 11.5. The molecule has 17 heavy (non-hydrogen) atoms. The summed E-state index contributed by atoms with van der Waals surface area (Å²) in [6.45, 7) is 1.84. The number of anilines is 1. The van der Waals surface area contributed by atoms with E-state index >= 15 is 0 Å². The quantitative estimate of drug-likeness (QED) is 0.817. The minimum atomic E-state index is -0.391. The van der Waals surface area contributed by atoms with Crippen molar-refractivity contribution in [2.45, 2.75) is 6.92 Å².